The highest BCUT2D eigenvalue weighted by atomic mass is 35.5. The Labute approximate surface area is 158 Å². The molecule has 0 atom stereocenters. The Morgan fingerprint density at radius 1 is 1.08 bits per heavy atom. The molecule has 0 aliphatic heterocycles. The van der Waals surface area contributed by atoms with Crippen molar-refractivity contribution >= 4 is 27.3 Å². The number of anilines is 1. The van der Waals surface area contributed by atoms with E-state index in [9.17, 15) is 8.42 Å². The largest absolute Gasteiger partial charge is 0.276 e. The molecule has 0 saturated heterocycles. The van der Waals surface area contributed by atoms with Crippen LogP contribution in [0.2, 0.25) is 5.02 Å². The van der Waals surface area contributed by atoms with Crippen molar-refractivity contribution in [3.63, 3.8) is 0 Å². The molecule has 0 fully saturated rings. The van der Waals surface area contributed by atoms with Crippen molar-refractivity contribution < 1.29 is 8.42 Å². The number of nitrogens with zero attached hydrogens (tertiary/aromatic N) is 2. The van der Waals surface area contributed by atoms with Crippen LogP contribution in [0.5, 0.6) is 0 Å². The molecule has 136 valence electrons. The van der Waals surface area contributed by atoms with E-state index in [4.69, 9.17) is 11.6 Å². The second-order valence-corrected chi connectivity index (χ2v) is 8.29. The molecule has 0 radical (unpaired) electrons. The molecule has 0 spiro atoms. The number of benzene rings is 2. The Bertz CT molecular complexity index is 1060. The quantitative estimate of drug-likeness (QED) is 0.707. The van der Waals surface area contributed by atoms with Crippen LogP contribution in [-0.2, 0) is 16.6 Å². The molecule has 7 heteroatoms. The van der Waals surface area contributed by atoms with E-state index < -0.39 is 10.0 Å². The Morgan fingerprint density at radius 2 is 1.81 bits per heavy atom. The third-order valence-corrected chi connectivity index (χ3v) is 6.01. The summed E-state index contributed by atoms with van der Waals surface area (Å²) >= 11 is 6.04. The van der Waals surface area contributed by atoms with Gasteiger partial charge in [-0.3, -0.25) is 9.40 Å². The van der Waals surface area contributed by atoms with Crippen LogP contribution in [0.3, 0.4) is 0 Å². The third-order valence-electron chi connectivity index (χ3n) is 4.16. The Morgan fingerprint density at radius 3 is 2.50 bits per heavy atom. The number of aromatic nitrogens is 2. The van der Waals surface area contributed by atoms with Gasteiger partial charge in [0.25, 0.3) is 10.0 Å². The summed E-state index contributed by atoms with van der Waals surface area (Å²) in [6, 6.07) is 14.5. The number of sulfonamides is 1. The molecule has 0 amide bonds. The predicted molar refractivity (Wildman–Crippen MR) is 104 cm³/mol. The van der Waals surface area contributed by atoms with Crippen molar-refractivity contribution in [2.45, 2.75) is 32.2 Å². The summed E-state index contributed by atoms with van der Waals surface area (Å²) in [5.41, 5.74) is 4.13. The molecule has 0 unspecified atom stereocenters. The normalized spacial score (nSPS) is 11.5. The molecule has 0 aliphatic carbocycles. The lowest BCUT2D eigenvalue weighted by atomic mass is 10.1. The fraction of sp³-hybridized carbons (Fsp3) is 0.211. The van der Waals surface area contributed by atoms with Gasteiger partial charge in [-0.2, -0.15) is 5.10 Å². The van der Waals surface area contributed by atoms with Gasteiger partial charge < -0.3 is 0 Å². The van der Waals surface area contributed by atoms with Gasteiger partial charge in [0.15, 0.2) is 0 Å². The van der Waals surface area contributed by atoms with Crippen LogP contribution in [0.25, 0.3) is 0 Å². The van der Waals surface area contributed by atoms with Crippen LogP contribution in [0, 0.1) is 20.8 Å². The summed E-state index contributed by atoms with van der Waals surface area (Å²) in [6.07, 6.45) is 0. The molecule has 1 heterocycles. The molecule has 0 aliphatic rings. The third kappa shape index (κ3) is 3.76. The number of hydrogen-bond acceptors (Lipinski definition) is 3. The average Bonchev–Trinajstić information content (AvgIpc) is 2.82. The molecular weight excluding hydrogens is 370 g/mol. The smallest absolute Gasteiger partial charge is 0.263 e. The zero-order valence-electron chi connectivity index (χ0n) is 14.8. The maximum Gasteiger partial charge on any atom is 0.263 e. The van der Waals surface area contributed by atoms with E-state index in [-0.39, 0.29) is 9.92 Å². The van der Waals surface area contributed by atoms with E-state index in [1.54, 1.807) is 29.8 Å². The summed E-state index contributed by atoms with van der Waals surface area (Å²) < 4.78 is 29.8. The predicted octanol–water partition coefficient (Wildman–Crippen LogP) is 4.31. The number of aryl methyl sites for hydroxylation is 2. The van der Waals surface area contributed by atoms with Gasteiger partial charge in [0.2, 0.25) is 0 Å². The molecule has 5 nitrogen and oxygen atoms in total. The second-order valence-electron chi connectivity index (χ2n) is 6.23. The topological polar surface area (TPSA) is 64.0 Å². The average molecular weight is 390 g/mol. The van der Waals surface area contributed by atoms with Crippen LogP contribution in [0.1, 0.15) is 22.5 Å². The Kier molecular flexibility index (Phi) is 5.07. The number of hydrogen-bond donors (Lipinski definition) is 1. The highest BCUT2D eigenvalue weighted by molar-refractivity contribution is 7.92. The van der Waals surface area contributed by atoms with Crippen molar-refractivity contribution in [1.82, 2.24) is 9.78 Å². The molecule has 1 aromatic heterocycles. The standard InChI is InChI=1S/C19H20ClN3O2S/c1-13-7-6-8-16(11-13)12-23-15(3)19(14(2)21-23)22-26(24,25)18-10-5-4-9-17(18)20/h4-11,22H,12H2,1-3H3. The molecule has 0 bridgehead atoms. The van der Waals surface area contributed by atoms with Crippen LogP contribution in [0.4, 0.5) is 5.69 Å². The molecule has 3 aromatic rings. The minimum Gasteiger partial charge on any atom is -0.276 e. The Hall–Kier alpha value is -2.31. The number of rotatable bonds is 5. The van der Waals surface area contributed by atoms with E-state index in [1.165, 1.54) is 11.6 Å². The van der Waals surface area contributed by atoms with Gasteiger partial charge in [-0.15, -0.1) is 0 Å². The van der Waals surface area contributed by atoms with Crippen LogP contribution < -0.4 is 4.72 Å². The summed E-state index contributed by atoms with van der Waals surface area (Å²) in [4.78, 5) is 0.0481. The molecule has 2 aromatic carbocycles. The minimum atomic E-state index is -3.79. The van der Waals surface area contributed by atoms with Crippen molar-refractivity contribution in [3.8, 4) is 0 Å². The summed E-state index contributed by atoms with van der Waals surface area (Å²) in [7, 11) is -3.79. The van der Waals surface area contributed by atoms with E-state index in [0.717, 1.165) is 11.3 Å². The lowest BCUT2D eigenvalue weighted by molar-refractivity contribution is 0.601. The number of nitrogens with one attached hydrogen (secondary N) is 1. The van der Waals surface area contributed by atoms with Gasteiger partial charge in [0.05, 0.1) is 28.6 Å². The monoisotopic (exact) mass is 389 g/mol. The van der Waals surface area contributed by atoms with Crippen molar-refractivity contribution in [2.75, 3.05) is 4.72 Å². The maximum atomic E-state index is 12.7. The van der Waals surface area contributed by atoms with Gasteiger partial charge in [-0.05, 0) is 38.5 Å². The van der Waals surface area contributed by atoms with Gasteiger partial charge >= 0.3 is 0 Å². The van der Waals surface area contributed by atoms with E-state index >= 15 is 0 Å². The number of halogens is 1. The Balaban J connectivity index is 1.92. The van der Waals surface area contributed by atoms with Crippen LogP contribution >= 0.6 is 11.6 Å². The van der Waals surface area contributed by atoms with Crippen molar-refractivity contribution in [2.24, 2.45) is 0 Å². The minimum absolute atomic E-state index is 0.0481. The first-order valence-electron chi connectivity index (χ1n) is 8.15. The van der Waals surface area contributed by atoms with Crippen LogP contribution in [-0.4, -0.2) is 18.2 Å². The molecule has 1 N–H and O–H groups in total. The van der Waals surface area contributed by atoms with Gasteiger partial charge in [-0.25, -0.2) is 8.42 Å². The fourth-order valence-corrected chi connectivity index (χ4v) is 4.53. The maximum absolute atomic E-state index is 12.7. The van der Waals surface area contributed by atoms with Gasteiger partial charge in [0.1, 0.15) is 4.90 Å². The molecular formula is C19H20ClN3O2S. The summed E-state index contributed by atoms with van der Waals surface area (Å²) in [6.45, 7) is 6.24. The molecule has 26 heavy (non-hydrogen) atoms. The first kappa shape index (κ1) is 18.5. The SMILES string of the molecule is Cc1cccc(Cn2nc(C)c(NS(=O)(=O)c3ccccc3Cl)c2C)c1. The second kappa shape index (κ2) is 7.13. The van der Waals surface area contributed by atoms with E-state index in [2.05, 4.69) is 15.9 Å². The first-order valence-corrected chi connectivity index (χ1v) is 10.0. The molecule has 3 rings (SSSR count). The first-order chi connectivity index (χ1) is 12.3. The lowest BCUT2D eigenvalue weighted by Crippen LogP contribution is -2.14. The summed E-state index contributed by atoms with van der Waals surface area (Å²) in [5.74, 6) is 0. The zero-order valence-corrected chi connectivity index (χ0v) is 16.4. The van der Waals surface area contributed by atoms with Crippen molar-refractivity contribution in [3.05, 3.63) is 76.1 Å². The van der Waals surface area contributed by atoms with E-state index in [0.29, 0.717) is 17.9 Å². The van der Waals surface area contributed by atoms with Gasteiger partial charge in [-0.1, -0.05) is 53.6 Å². The zero-order chi connectivity index (χ0) is 18.9. The van der Waals surface area contributed by atoms with Crippen LogP contribution in [0.15, 0.2) is 53.4 Å². The highest BCUT2D eigenvalue weighted by Crippen LogP contribution is 2.27. The molecule has 0 saturated carbocycles. The summed E-state index contributed by atoms with van der Waals surface area (Å²) in [5, 5.41) is 4.67. The fourth-order valence-electron chi connectivity index (χ4n) is 2.83. The highest BCUT2D eigenvalue weighted by Gasteiger charge is 2.22. The lowest BCUT2D eigenvalue weighted by Gasteiger charge is -2.10. The van der Waals surface area contributed by atoms with E-state index in [1.807, 2.05) is 32.0 Å². The van der Waals surface area contributed by atoms with Gasteiger partial charge in [0, 0.05) is 0 Å². The van der Waals surface area contributed by atoms with Crippen molar-refractivity contribution in [1.29, 1.82) is 0 Å².